The number of nitrogens with one attached hydrogen (secondary N) is 1. The Kier molecular flexibility index (Phi) is 9.01. The molecule has 2 aliphatic rings. The fourth-order valence-corrected chi connectivity index (χ4v) is 4.77. The SMILES string of the molecule is N#Cc1cc(-c2ncnc(Nc3ccc(N4CCOCC4)cc3F)n2)ccc1O[C@H]1CCN(C(=O)C(O)CO)C[C@H]1F. The van der Waals surface area contributed by atoms with Crippen molar-refractivity contribution in [2.24, 2.45) is 0 Å². The van der Waals surface area contributed by atoms with Crippen LogP contribution in [0.4, 0.5) is 26.1 Å². The minimum atomic E-state index is -1.60. The van der Waals surface area contributed by atoms with Crippen molar-refractivity contribution in [1.29, 1.82) is 5.26 Å². The van der Waals surface area contributed by atoms with E-state index in [4.69, 9.17) is 14.6 Å². The number of hydrogen-bond acceptors (Lipinski definition) is 11. The van der Waals surface area contributed by atoms with Crippen LogP contribution in [0.5, 0.6) is 5.75 Å². The van der Waals surface area contributed by atoms with Gasteiger partial charge in [0.1, 0.15) is 30.1 Å². The Hall–Kier alpha value is -4.45. The van der Waals surface area contributed by atoms with Gasteiger partial charge in [0.05, 0.1) is 37.6 Å². The van der Waals surface area contributed by atoms with Gasteiger partial charge in [0, 0.05) is 37.3 Å². The van der Waals surface area contributed by atoms with Crippen LogP contribution in [0.25, 0.3) is 11.4 Å². The average molecular weight is 582 g/mol. The van der Waals surface area contributed by atoms with Gasteiger partial charge in [0.15, 0.2) is 18.1 Å². The van der Waals surface area contributed by atoms with Crippen molar-refractivity contribution in [3.05, 3.63) is 54.1 Å². The predicted octanol–water partition coefficient (Wildman–Crippen LogP) is 1.80. The Morgan fingerprint density at radius 1 is 1.21 bits per heavy atom. The lowest BCUT2D eigenvalue weighted by molar-refractivity contribution is -0.146. The van der Waals surface area contributed by atoms with Crippen LogP contribution in [0.2, 0.25) is 0 Å². The Morgan fingerprint density at radius 3 is 2.74 bits per heavy atom. The summed E-state index contributed by atoms with van der Waals surface area (Å²) in [5.74, 6) is -0.748. The number of nitriles is 1. The van der Waals surface area contributed by atoms with Gasteiger partial charge in [-0.25, -0.2) is 18.7 Å². The highest BCUT2D eigenvalue weighted by molar-refractivity contribution is 5.81. The number of aliphatic hydroxyl groups is 2. The van der Waals surface area contributed by atoms with Crippen LogP contribution < -0.4 is 15.0 Å². The van der Waals surface area contributed by atoms with E-state index in [0.29, 0.717) is 31.9 Å². The third-order valence-electron chi connectivity index (χ3n) is 7.04. The maximum absolute atomic E-state index is 14.9. The summed E-state index contributed by atoms with van der Waals surface area (Å²) >= 11 is 0. The highest BCUT2D eigenvalue weighted by Gasteiger charge is 2.35. The van der Waals surface area contributed by atoms with E-state index in [1.807, 2.05) is 11.0 Å². The van der Waals surface area contributed by atoms with Crippen LogP contribution in [0.3, 0.4) is 0 Å². The minimum absolute atomic E-state index is 0.102. The summed E-state index contributed by atoms with van der Waals surface area (Å²) < 4.78 is 40.9. The van der Waals surface area contributed by atoms with Gasteiger partial charge in [-0.15, -0.1) is 0 Å². The number of aromatic nitrogens is 3. The number of anilines is 3. The molecule has 0 saturated carbocycles. The fraction of sp³-hybridized carbons (Fsp3) is 0.393. The third-order valence-corrected chi connectivity index (χ3v) is 7.04. The van der Waals surface area contributed by atoms with Crippen molar-refractivity contribution < 1.29 is 33.3 Å². The first-order valence-corrected chi connectivity index (χ1v) is 13.4. The number of likely N-dealkylation sites (tertiary alicyclic amines) is 1. The lowest BCUT2D eigenvalue weighted by atomic mass is 10.0. The number of morpholine rings is 1. The number of piperidine rings is 1. The van der Waals surface area contributed by atoms with Crippen molar-refractivity contribution in [3.63, 3.8) is 0 Å². The molecular weight excluding hydrogens is 552 g/mol. The van der Waals surface area contributed by atoms with E-state index >= 15 is 0 Å². The predicted molar refractivity (Wildman–Crippen MR) is 146 cm³/mol. The average Bonchev–Trinajstić information content (AvgIpc) is 3.03. The van der Waals surface area contributed by atoms with E-state index in [0.717, 1.165) is 10.6 Å². The van der Waals surface area contributed by atoms with Crippen molar-refractivity contribution in [2.75, 3.05) is 56.2 Å². The van der Waals surface area contributed by atoms with Gasteiger partial charge in [-0.2, -0.15) is 10.2 Å². The topological polar surface area (TPSA) is 157 Å². The second kappa shape index (κ2) is 13.0. The molecule has 1 amide bonds. The van der Waals surface area contributed by atoms with Gasteiger partial charge in [0.2, 0.25) is 5.95 Å². The van der Waals surface area contributed by atoms with E-state index in [1.165, 1.54) is 24.5 Å². The van der Waals surface area contributed by atoms with E-state index in [1.54, 1.807) is 18.2 Å². The number of carbonyl (C=O) groups excluding carboxylic acids is 1. The first kappa shape index (κ1) is 29.1. The van der Waals surface area contributed by atoms with E-state index in [2.05, 4.69) is 20.3 Å². The number of nitrogens with zero attached hydrogens (tertiary/aromatic N) is 6. The van der Waals surface area contributed by atoms with Gasteiger partial charge >= 0.3 is 0 Å². The Labute approximate surface area is 240 Å². The fourth-order valence-electron chi connectivity index (χ4n) is 4.77. The molecule has 42 heavy (non-hydrogen) atoms. The smallest absolute Gasteiger partial charge is 0.253 e. The highest BCUT2D eigenvalue weighted by atomic mass is 19.1. The summed E-state index contributed by atoms with van der Waals surface area (Å²) in [4.78, 5) is 27.8. The molecule has 2 saturated heterocycles. The molecule has 0 spiro atoms. The van der Waals surface area contributed by atoms with Crippen LogP contribution in [0, 0.1) is 17.1 Å². The summed E-state index contributed by atoms with van der Waals surface area (Å²) in [6.07, 6.45) is -2.70. The number of hydrogen-bond donors (Lipinski definition) is 3. The third kappa shape index (κ3) is 6.54. The number of benzene rings is 2. The summed E-state index contributed by atoms with van der Waals surface area (Å²) in [6.45, 7) is 1.61. The van der Waals surface area contributed by atoms with Crippen molar-refractivity contribution in [3.8, 4) is 23.2 Å². The Balaban J connectivity index is 1.26. The maximum atomic E-state index is 14.9. The Morgan fingerprint density at radius 2 is 2.02 bits per heavy atom. The first-order chi connectivity index (χ1) is 20.4. The molecule has 1 unspecified atom stereocenters. The van der Waals surface area contributed by atoms with Gasteiger partial charge in [-0.05, 0) is 36.4 Å². The molecule has 0 radical (unpaired) electrons. The maximum Gasteiger partial charge on any atom is 0.253 e. The number of alkyl halides is 1. The molecule has 0 bridgehead atoms. The zero-order valence-electron chi connectivity index (χ0n) is 22.5. The van der Waals surface area contributed by atoms with Crippen LogP contribution >= 0.6 is 0 Å². The first-order valence-electron chi connectivity index (χ1n) is 13.4. The number of aliphatic hydroxyl groups excluding tert-OH is 2. The summed E-state index contributed by atoms with van der Waals surface area (Å²) in [6, 6.07) is 11.5. The van der Waals surface area contributed by atoms with E-state index < -0.39 is 36.7 Å². The molecule has 1 aromatic heterocycles. The summed E-state index contributed by atoms with van der Waals surface area (Å²) in [5, 5.41) is 31.1. The van der Waals surface area contributed by atoms with E-state index in [-0.39, 0.29) is 48.3 Å². The zero-order chi connectivity index (χ0) is 29.6. The van der Waals surface area contributed by atoms with Gasteiger partial charge in [0.25, 0.3) is 5.91 Å². The molecule has 2 aromatic carbocycles. The number of rotatable bonds is 8. The lowest BCUT2D eigenvalue weighted by Gasteiger charge is -2.35. The molecule has 12 nitrogen and oxygen atoms in total. The second-order valence-electron chi connectivity index (χ2n) is 9.79. The molecule has 3 heterocycles. The molecule has 0 aliphatic carbocycles. The summed E-state index contributed by atoms with van der Waals surface area (Å²) in [5.41, 5.74) is 1.52. The van der Waals surface area contributed by atoms with Gasteiger partial charge < -0.3 is 34.8 Å². The quantitative estimate of drug-likeness (QED) is 0.356. The molecule has 3 N–H and O–H groups in total. The normalized spacial score (nSPS) is 19.6. The van der Waals surface area contributed by atoms with Gasteiger partial charge in [-0.3, -0.25) is 4.79 Å². The Bertz CT molecular complexity index is 1470. The largest absolute Gasteiger partial charge is 0.486 e. The van der Waals surface area contributed by atoms with Crippen LogP contribution in [-0.2, 0) is 9.53 Å². The molecule has 220 valence electrons. The zero-order valence-corrected chi connectivity index (χ0v) is 22.5. The highest BCUT2D eigenvalue weighted by Crippen LogP contribution is 2.29. The molecule has 3 aromatic rings. The number of carbonyl (C=O) groups is 1. The standard InChI is InChI=1S/C28H29F2N7O5/c29-20-12-19(36-7-9-41-10-8-36)2-3-22(20)34-28-33-16-32-26(35-28)17-1-4-24(18(11-17)13-31)42-25-5-6-37(14-21(25)30)27(40)23(39)15-38/h1-4,11-12,16,21,23,25,38-39H,5-10,14-15H2,(H,32,33,34,35)/t21-,23?,25+/m1/s1. The van der Waals surface area contributed by atoms with Crippen LogP contribution in [-0.4, -0.2) is 100 Å². The molecule has 3 atom stereocenters. The number of ether oxygens (including phenoxy) is 2. The second-order valence-corrected chi connectivity index (χ2v) is 9.79. The molecule has 2 aliphatic heterocycles. The summed E-state index contributed by atoms with van der Waals surface area (Å²) in [7, 11) is 0. The van der Waals surface area contributed by atoms with Crippen LogP contribution in [0.1, 0.15) is 12.0 Å². The molecular formula is C28H29F2N7O5. The number of amides is 1. The van der Waals surface area contributed by atoms with Crippen LogP contribution in [0.15, 0.2) is 42.7 Å². The van der Waals surface area contributed by atoms with Crippen molar-refractivity contribution in [1.82, 2.24) is 19.9 Å². The molecule has 5 rings (SSSR count). The lowest BCUT2D eigenvalue weighted by Crippen LogP contribution is -2.52. The molecule has 14 heteroatoms. The van der Waals surface area contributed by atoms with Gasteiger partial charge in [-0.1, -0.05) is 0 Å². The van der Waals surface area contributed by atoms with E-state index in [9.17, 15) is 23.9 Å². The molecule has 2 fully saturated rings. The van der Waals surface area contributed by atoms with Crippen molar-refractivity contribution in [2.45, 2.75) is 24.8 Å². The minimum Gasteiger partial charge on any atom is -0.486 e. The van der Waals surface area contributed by atoms with Crippen molar-refractivity contribution >= 4 is 23.2 Å². The monoisotopic (exact) mass is 581 g/mol. The number of halogens is 2.